The van der Waals surface area contributed by atoms with E-state index in [9.17, 15) is 0 Å². The third-order valence-corrected chi connectivity index (χ3v) is 3.64. The van der Waals surface area contributed by atoms with Gasteiger partial charge in [0.1, 0.15) is 0 Å². The van der Waals surface area contributed by atoms with Crippen molar-refractivity contribution in [2.24, 2.45) is 0 Å². The minimum Gasteiger partial charge on any atom is -0.0885 e. The van der Waals surface area contributed by atoms with Gasteiger partial charge in [0.25, 0.3) is 0 Å². The average Bonchev–Trinajstić information content (AvgIpc) is 2.85. The summed E-state index contributed by atoms with van der Waals surface area (Å²) in [6.45, 7) is 2.26. The van der Waals surface area contributed by atoms with Gasteiger partial charge in [-0.15, -0.1) is 0 Å². The summed E-state index contributed by atoms with van der Waals surface area (Å²) in [6.07, 6.45) is 23.7. The van der Waals surface area contributed by atoms with E-state index in [0.29, 0.717) is 0 Å². The first-order chi connectivity index (χ1) is 8.43. The van der Waals surface area contributed by atoms with Crippen molar-refractivity contribution in [2.75, 3.05) is 0 Å². The summed E-state index contributed by atoms with van der Waals surface area (Å²) in [6, 6.07) is 0. The summed E-state index contributed by atoms with van der Waals surface area (Å²) in [5, 5.41) is 0. The van der Waals surface area contributed by atoms with Crippen molar-refractivity contribution in [3.05, 3.63) is 23.8 Å². The average molecular weight is 234 g/mol. The molecule has 1 rings (SSSR count). The Morgan fingerprint density at radius 2 is 1.76 bits per heavy atom. The standard InChI is InChI=1S/C17H30/c1-2-3-4-5-6-7-8-9-10-11-14-17-15-12-13-16-17/h5-6,15H,2-4,7-14,16H2,1H3. The highest BCUT2D eigenvalue weighted by Gasteiger charge is 2.03. The van der Waals surface area contributed by atoms with Gasteiger partial charge in [-0.05, 0) is 51.4 Å². The fourth-order valence-corrected chi connectivity index (χ4v) is 2.49. The highest BCUT2D eigenvalue weighted by Crippen LogP contribution is 2.22. The summed E-state index contributed by atoms with van der Waals surface area (Å²) < 4.78 is 0. The number of hydrogen-bond donors (Lipinski definition) is 0. The first kappa shape index (κ1) is 14.5. The van der Waals surface area contributed by atoms with Gasteiger partial charge in [-0.2, -0.15) is 0 Å². The molecule has 0 amide bonds. The Labute approximate surface area is 108 Å². The summed E-state index contributed by atoms with van der Waals surface area (Å²) in [7, 11) is 0. The van der Waals surface area contributed by atoms with Crippen LogP contribution in [0.5, 0.6) is 0 Å². The Morgan fingerprint density at radius 3 is 2.47 bits per heavy atom. The number of allylic oxidation sites excluding steroid dienone is 4. The zero-order valence-corrected chi connectivity index (χ0v) is 11.7. The van der Waals surface area contributed by atoms with Gasteiger partial charge in [-0.25, -0.2) is 0 Å². The van der Waals surface area contributed by atoms with Crippen LogP contribution >= 0.6 is 0 Å². The minimum absolute atomic E-state index is 1.28. The van der Waals surface area contributed by atoms with E-state index >= 15 is 0 Å². The maximum Gasteiger partial charge on any atom is -0.0317 e. The monoisotopic (exact) mass is 234 g/mol. The molecule has 0 heteroatoms. The van der Waals surface area contributed by atoms with E-state index in [2.05, 4.69) is 25.2 Å². The Morgan fingerprint density at radius 1 is 1.00 bits per heavy atom. The maximum absolute atomic E-state index is 2.47. The van der Waals surface area contributed by atoms with Crippen LogP contribution in [-0.4, -0.2) is 0 Å². The molecule has 0 aromatic rings. The molecule has 0 radical (unpaired) electrons. The molecule has 0 atom stereocenters. The lowest BCUT2D eigenvalue weighted by Crippen LogP contribution is -1.81. The second-order valence-corrected chi connectivity index (χ2v) is 5.32. The van der Waals surface area contributed by atoms with Crippen LogP contribution in [0.25, 0.3) is 0 Å². The normalized spacial score (nSPS) is 15.7. The Kier molecular flexibility index (Phi) is 9.09. The zero-order chi connectivity index (χ0) is 12.2. The Balaban J connectivity index is 1.79. The van der Waals surface area contributed by atoms with Gasteiger partial charge >= 0.3 is 0 Å². The van der Waals surface area contributed by atoms with E-state index in [1.807, 2.05) is 0 Å². The summed E-state index contributed by atoms with van der Waals surface area (Å²) in [5.41, 5.74) is 1.74. The van der Waals surface area contributed by atoms with Crippen LogP contribution in [0.2, 0.25) is 0 Å². The number of hydrogen-bond acceptors (Lipinski definition) is 0. The molecule has 0 spiro atoms. The molecule has 17 heavy (non-hydrogen) atoms. The zero-order valence-electron chi connectivity index (χ0n) is 11.7. The lowest BCUT2D eigenvalue weighted by atomic mass is 10.1. The molecular formula is C17H30. The molecule has 0 nitrogen and oxygen atoms in total. The Bertz CT molecular complexity index is 222. The second-order valence-electron chi connectivity index (χ2n) is 5.32. The predicted octanol–water partition coefficient (Wildman–Crippen LogP) is 6.18. The van der Waals surface area contributed by atoms with Crippen molar-refractivity contribution >= 4 is 0 Å². The van der Waals surface area contributed by atoms with Crippen molar-refractivity contribution in [2.45, 2.75) is 84.0 Å². The number of rotatable bonds is 10. The van der Waals surface area contributed by atoms with E-state index < -0.39 is 0 Å². The predicted molar refractivity (Wildman–Crippen MR) is 78.3 cm³/mol. The molecule has 1 aliphatic rings. The molecule has 98 valence electrons. The van der Waals surface area contributed by atoms with Crippen molar-refractivity contribution in [3.63, 3.8) is 0 Å². The maximum atomic E-state index is 2.47. The largest absolute Gasteiger partial charge is 0.0885 e. The first-order valence-corrected chi connectivity index (χ1v) is 7.76. The van der Waals surface area contributed by atoms with Crippen LogP contribution in [0.4, 0.5) is 0 Å². The quantitative estimate of drug-likeness (QED) is 0.312. The van der Waals surface area contributed by atoms with Gasteiger partial charge in [0.2, 0.25) is 0 Å². The molecule has 0 bridgehead atoms. The molecule has 0 fully saturated rings. The van der Waals surface area contributed by atoms with Gasteiger partial charge in [-0.1, -0.05) is 56.4 Å². The van der Waals surface area contributed by atoms with E-state index in [4.69, 9.17) is 0 Å². The van der Waals surface area contributed by atoms with Crippen LogP contribution in [0.1, 0.15) is 84.0 Å². The highest BCUT2D eigenvalue weighted by molar-refractivity contribution is 5.06. The summed E-state index contributed by atoms with van der Waals surface area (Å²) >= 11 is 0. The van der Waals surface area contributed by atoms with Gasteiger partial charge in [-0.3, -0.25) is 0 Å². The topological polar surface area (TPSA) is 0 Å². The van der Waals surface area contributed by atoms with Crippen molar-refractivity contribution in [3.8, 4) is 0 Å². The molecule has 0 N–H and O–H groups in total. The first-order valence-electron chi connectivity index (χ1n) is 7.76. The SMILES string of the molecule is CCCCC=CCCCCCCC1=CCCC1. The van der Waals surface area contributed by atoms with Crippen LogP contribution in [0.15, 0.2) is 23.8 Å². The molecule has 0 aliphatic heterocycles. The molecule has 0 saturated carbocycles. The van der Waals surface area contributed by atoms with E-state index in [-0.39, 0.29) is 0 Å². The molecule has 0 saturated heterocycles. The fraction of sp³-hybridized carbons (Fsp3) is 0.765. The van der Waals surface area contributed by atoms with Gasteiger partial charge in [0.15, 0.2) is 0 Å². The lowest BCUT2D eigenvalue weighted by molar-refractivity contribution is 0.638. The highest BCUT2D eigenvalue weighted by atomic mass is 14.1. The van der Waals surface area contributed by atoms with Crippen molar-refractivity contribution < 1.29 is 0 Å². The van der Waals surface area contributed by atoms with Gasteiger partial charge in [0.05, 0.1) is 0 Å². The smallest absolute Gasteiger partial charge is 0.0317 e. The number of unbranched alkanes of at least 4 members (excludes halogenated alkanes) is 6. The van der Waals surface area contributed by atoms with E-state index in [1.165, 1.54) is 77.0 Å². The molecule has 1 aliphatic carbocycles. The van der Waals surface area contributed by atoms with Crippen LogP contribution in [-0.2, 0) is 0 Å². The molecule has 0 heterocycles. The van der Waals surface area contributed by atoms with E-state index in [0.717, 1.165) is 0 Å². The summed E-state index contributed by atoms with van der Waals surface area (Å²) in [5.74, 6) is 0. The molecule has 0 aromatic carbocycles. The third kappa shape index (κ3) is 8.24. The van der Waals surface area contributed by atoms with Crippen LogP contribution < -0.4 is 0 Å². The molecular weight excluding hydrogens is 204 g/mol. The van der Waals surface area contributed by atoms with Crippen LogP contribution in [0.3, 0.4) is 0 Å². The van der Waals surface area contributed by atoms with Gasteiger partial charge < -0.3 is 0 Å². The van der Waals surface area contributed by atoms with Crippen molar-refractivity contribution in [1.82, 2.24) is 0 Å². The second kappa shape index (κ2) is 10.6. The molecule has 0 unspecified atom stereocenters. The summed E-state index contributed by atoms with van der Waals surface area (Å²) in [4.78, 5) is 0. The van der Waals surface area contributed by atoms with Gasteiger partial charge in [0, 0.05) is 0 Å². The third-order valence-electron chi connectivity index (χ3n) is 3.64. The van der Waals surface area contributed by atoms with E-state index in [1.54, 1.807) is 5.57 Å². The van der Waals surface area contributed by atoms with Crippen LogP contribution in [0, 0.1) is 0 Å². The lowest BCUT2D eigenvalue weighted by Gasteiger charge is -2.01. The minimum atomic E-state index is 1.28. The van der Waals surface area contributed by atoms with Crippen molar-refractivity contribution in [1.29, 1.82) is 0 Å². The fourth-order valence-electron chi connectivity index (χ4n) is 2.49. The molecule has 0 aromatic heterocycles. The Hall–Kier alpha value is -0.520.